The minimum absolute atomic E-state index is 0.218. The van der Waals surface area contributed by atoms with Gasteiger partial charge in [-0.25, -0.2) is 8.78 Å². The average molecular weight is 297 g/mol. The number of hydrogen-bond acceptors (Lipinski definition) is 3. The maximum atomic E-state index is 14.0. The Bertz CT molecular complexity index is 596. The van der Waals surface area contributed by atoms with Crippen molar-refractivity contribution in [3.8, 4) is 0 Å². The van der Waals surface area contributed by atoms with Gasteiger partial charge in [0.15, 0.2) is 11.7 Å². The van der Waals surface area contributed by atoms with Crippen LogP contribution in [0.5, 0.6) is 0 Å². The second-order valence-electron chi connectivity index (χ2n) is 5.28. The highest BCUT2D eigenvalue weighted by molar-refractivity contribution is 6.12. The second-order valence-corrected chi connectivity index (χ2v) is 5.28. The van der Waals surface area contributed by atoms with Gasteiger partial charge in [0.25, 0.3) is 0 Å². The number of aryl methyl sites for hydroxylation is 1. The number of halogens is 2. The molecule has 1 aliphatic carbocycles. The van der Waals surface area contributed by atoms with Crippen molar-refractivity contribution in [2.75, 3.05) is 5.32 Å². The van der Waals surface area contributed by atoms with Crippen LogP contribution < -0.4 is 11.1 Å². The van der Waals surface area contributed by atoms with Crippen LogP contribution in [0.3, 0.4) is 0 Å². The number of anilines is 1. The van der Waals surface area contributed by atoms with Gasteiger partial charge in [0.1, 0.15) is 16.9 Å². The number of nitrogens with two attached hydrogens (primary N) is 1. The van der Waals surface area contributed by atoms with Crippen molar-refractivity contribution in [2.24, 2.45) is 16.3 Å². The summed E-state index contributed by atoms with van der Waals surface area (Å²) in [6, 6.07) is 2.37. The third-order valence-corrected chi connectivity index (χ3v) is 4.01. The molecule has 0 spiro atoms. The number of amides is 1. The minimum atomic E-state index is -1.21. The predicted molar refractivity (Wildman–Crippen MR) is 74.0 cm³/mol. The molecule has 5 nitrogen and oxygen atoms in total. The molecule has 4 N–H and O–H groups in total. The molecule has 0 heterocycles. The molecule has 0 atom stereocenters. The first-order valence-electron chi connectivity index (χ1n) is 6.66. The monoisotopic (exact) mass is 297 g/mol. The Labute approximate surface area is 120 Å². The van der Waals surface area contributed by atoms with E-state index in [1.54, 1.807) is 0 Å². The Morgan fingerprint density at radius 1 is 1.38 bits per heavy atom. The van der Waals surface area contributed by atoms with E-state index in [4.69, 9.17) is 10.9 Å². The van der Waals surface area contributed by atoms with Crippen LogP contribution in [0.4, 0.5) is 14.5 Å². The van der Waals surface area contributed by atoms with Gasteiger partial charge in [-0.3, -0.25) is 4.79 Å². The molecular formula is C14H17F2N3O2. The molecule has 0 aromatic heterocycles. The van der Waals surface area contributed by atoms with Crippen LogP contribution in [0.15, 0.2) is 17.3 Å². The first-order valence-corrected chi connectivity index (χ1v) is 6.66. The zero-order chi connectivity index (χ0) is 15.6. The Balaban J connectivity index is 2.35. The van der Waals surface area contributed by atoms with Gasteiger partial charge in [0.05, 0.1) is 0 Å². The molecule has 114 valence electrons. The van der Waals surface area contributed by atoms with Crippen LogP contribution in [-0.4, -0.2) is 17.0 Å². The third kappa shape index (κ3) is 2.55. The quantitative estimate of drug-likeness (QED) is 0.347. The summed E-state index contributed by atoms with van der Waals surface area (Å²) >= 11 is 0. The van der Waals surface area contributed by atoms with Crippen LogP contribution >= 0.6 is 0 Å². The summed E-state index contributed by atoms with van der Waals surface area (Å²) in [5.74, 6) is -2.57. The SMILES string of the molecule is Cc1ccc(F)c(NC(=O)C2(/C(N)=N/O)CCCC2)c1F. The summed E-state index contributed by atoms with van der Waals surface area (Å²) < 4.78 is 27.7. The normalized spacial score (nSPS) is 17.8. The van der Waals surface area contributed by atoms with Crippen molar-refractivity contribution in [2.45, 2.75) is 32.6 Å². The van der Waals surface area contributed by atoms with Crippen LogP contribution in [0, 0.1) is 24.0 Å². The number of amidine groups is 1. The lowest BCUT2D eigenvalue weighted by Crippen LogP contribution is -2.45. The molecule has 7 heteroatoms. The fraction of sp³-hybridized carbons (Fsp3) is 0.429. The molecule has 1 aromatic carbocycles. The highest BCUT2D eigenvalue weighted by Gasteiger charge is 2.45. The van der Waals surface area contributed by atoms with E-state index in [0.717, 1.165) is 18.9 Å². The van der Waals surface area contributed by atoms with Crippen molar-refractivity contribution < 1.29 is 18.8 Å². The summed E-state index contributed by atoms with van der Waals surface area (Å²) in [6.45, 7) is 1.47. The Morgan fingerprint density at radius 2 is 2.00 bits per heavy atom. The van der Waals surface area contributed by atoms with E-state index in [1.807, 2.05) is 0 Å². The Hall–Kier alpha value is -2.18. The molecule has 0 saturated heterocycles. The van der Waals surface area contributed by atoms with Crippen LogP contribution in [0.25, 0.3) is 0 Å². The molecule has 1 aromatic rings. The van der Waals surface area contributed by atoms with Gasteiger partial charge in [-0.2, -0.15) is 0 Å². The first kappa shape index (κ1) is 15.2. The van der Waals surface area contributed by atoms with Gasteiger partial charge in [0, 0.05) is 0 Å². The van der Waals surface area contributed by atoms with Gasteiger partial charge < -0.3 is 16.3 Å². The minimum Gasteiger partial charge on any atom is -0.409 e. The largest absolute Gasteiger partial charge is 0.409 e. The lowest BCUT2D eigenvalue weighted by Gasteiger charge is -2.26. The smallest absolute Gasteiger partial charge is 0.238 e. The molecule has 0 aliphatic heterocycles. The number of rotatable bonds is 3. The van der Waals surface area contributed by atoms with E-state index < -0.39 is 28.6 Å². The fourth-order valence-corrected chi connectivity index (χ4v) is 2.68. The number of nitrogens with zero attached hydrogens (tertiary/aromatic N) is 1. The lowest BCUT2D eigenvalue weighted by atomic mass is 9.83. The number of nitrogens with one attached hydrogen (secondary N) is 1. The number of oxime groups is 1. The van der Waals surface area contributed by atoms with Gasteiger partial charge in [-0.05, 0) is 31.4 Å². The van der Waals surface area contributed by atoms with Crippen molar-refractivity contribution in [3.05, 3.63) is 29.3 Å². The van der Waals surface area contributed by atoms with Crippen molar-refractivity contribution in [1.29, 1.82) is 0 Å². The molecule has 1 aliphatic rings. The average Bonchev–Trinajstić information content (AvgIpc) is 2.97. The number of carbonyl (C=O) groups excluding carboxylic acids is 1. The van der Waals surface area contributed by atoms with Crippen LogP contribution in [0.2, 0.25) is 0 Å². The second kappa shape index (κ2) is 5.67. The number of benzene rings is 1. The van der Waals surface area contributed by atoms with E-state index in [2.05, 4.69) is 10.5 Å². The maximum Gasteiger partial charge on any atom is 0.238 e. The maximum absolute atomic E-state index is 14.0. The molecule has 2 rings (SSSR count). The number of hydrogen-bond donors (Lipinski definition) is 3. The Kier molecular flexibility index (Phi) is 4.11. The molecule has 21 heavy (non-hydrogen) atoms. The van der Waals surface area contributed by atoms with Gasteiger partial charge in [-0.1, -0.05) is 24.1 Å². The van der Waals surface area contributed by atoms with E-state index in [0.29, 0.717) is 12.8 Å². The molecular weight excluding hydrogens is 280 g/mol. The summed E-state index contributed by atoms with van der Waals surface area (Å²) in [5, 5.41) is 14.0. The Morgan fingerprint density at radius 3 is 2.57 bits per heavy atom. The predicted octanol–water partition coefficient (Wildman–Crippen LogP) is 2.52. The molecule has 1 fully saturated rings. The first-order chi connectivity index (χ1) is 9.92. The van der Waals surface area contributed by atoms with Gasteiger partial charge in [-0.15, -0.1) is 0 Å². The van der Waals surface area contributed by atoms with Crippen molar-refractivity contribution in [1.82, 2.24) is 0 Å². The number of carbonyl (C=O) groups is 1. The summed E-state index contributed by atoms with van der Waals surface area (Å²) in [4.78, 5) is 12.4. The lowest BCUT2D eigenvalue weighted by molar-refractivity contribution is -0.122. The van der Waals surface area contributed by atoms with E-state index in [-0.39, 0.29) is 11.4 Å². The zero-order valence-corrected chi connectivity index (χ0v) is 11.6. The highest BCUT2D eigenvalue weighted by Crippen LogP contribution is 2.39. The summed E-state index contributed by atoms with van der Waals surface area (Å²) in [6.07, 6.45) is 2.21. The highest BCUT2D eigenvalue weighted by atomic mass is 19.1. The molecule has 0 radical (unpaired) electrons. The zero-order valence-electron chi connectivity index (χ0n) is 11.6. The fourth-order valence-electron chi connectivity index (χ4n) is 2.68. The standard InChI is InChI=1S/C14H17F2N3O2/c1-8-4-5-9(15)11(10(8)16)18-13(20)14(12(17)19-21)6-2-3-7-14/h4-5,21H,2-3,6-7H2,1H3,(H2,17,19)(H,18,20). The molecule has 0 bridgehead atoms. The van der Waals surface area contributed by atoms with E-state index in [9.17, 15) is 13.6 Å². The summed E-state index contributed by atoms with van der Waals surface area (Å²) in [5.41, 5.74) is 4.13. The van der Waals surface area contributed by atoms with Gasteiger partial charge in [0.2, 0.25) is 5.91 Å². The molecule has 0 unspecified atom stereocenters. The van der Waals surface area contributed by atoms with Crippen molar-refractivity contribution >= 4 is 17.4 Å². The topological polar surface area (TPSA) is 87.7 Å². The molecule has 1 amide bonds. The van der Waals surface area contributed by atoms with Crippen LogP contribution in [-0.2, 0) is 4.79 Å². The van der Waals surface area contributed by atoms with Gasteiger partial charge >= 0.3 is 0 Å². The van der Waals surface area contributed by atoms with E-state index in [1.165, 1.54) is 13.0 Å². The van der Waals surface area contributed by atoms with Crippen molar-refractivity contribution in [3.63, 3.8) is 0 Å². The third-order valence-electron chi connectivity index (χ3n) is 4.01. The van der Waals surface area contributed by atoms with E-state index >= 15 is 0 Å². The molecule has 1 saturated carbocycles. The van der Waals surface area contributed by atoms with Crippen LogP contribution in [0.1, 0.15) is 31.2 Å². The summed E-state index contributed by atoms with van der Waals surface area (Å²) in [7, 11) is 0.